The number of nitrogens with zero attached hydrogens (tertiary/aromatic N) is 4. The lowest BCUT2D eigenvalue weighted by Crippen LogP contribution is -2.38. The summed E-state index contributed by atoms with van der Waals surface area (Å²) >= 11 is 3.42. The lowest BCUT2D eigenvalue weighted by atomic mass is 10.2. The van der Waals surface area contributed by atoms with Gasteiger partial charge in [-0.25, -0.2) is 9.38 Å². The van der Waals surface area contributed by atoms with Crippen LogP contribution < -0.4 is 10.6 Å². The van der Waals surface area contributed by atoms with E-state index in [0.29, 0.717) is 19.0 Å². The zero-order chi connectivity index (χ0) is 17.4. The fourth-order valence-corrected chi connectivity index (χ4v) is 2.58. The maximum absolute atomic E-state index is 13.3. The fraction of sp³-hybridized carbons (Fsp3) is 0.438. The summed E-state index contributed by atoms with van der Waals surface area (Å²) < 4.78 is 16.2. The Bertz CT molecular complexity index is 691. The van der Waals surface area contributed by atoms with Crippen molar-refractivity contribution in [2.24, 2.45) is 4.99 Å². The second-order valence-electron chi connectivity index (χ2n) is 5.15. The van der Waals surface area contributed by atoms with E-state index in [0.717, 1.165) is 35.4 Å². The molecule has 0 spiro atoms. The van der Waals surface area contributed by atoms with Crippen LogP contribution in [0.1, 0.15) is 25.2 Å². The Morgan fingerprint density at radius 3 is 2.84 bits per heavy atom. The van der Waals surface area contributed by atoms with Crippen LogP contribution >= 0.6 is 39.9 Å². The van der Waals surface area contributed by atoms with Gasteiger partial charge in [0.2, 0.25) is 0 Å². The maximum Gasteiger partial charge on any atom is 0.191 e. The highest BCUT2D eigenvalue weighted by atomic mass is 127. The molecule has 0 aliphatic rings. The van der Waals surface area contributed by atoms with E-state index in [1.807, 2.05) is 11.5 Å². The molecule has 0 saturated heterocycles. The molecule has 1 aromatic heterocycles. The van der Waals surface area contributed by atoms with Gasteiger partial charge in [0.15, 0.2) is 5.96 Å². The van der Waals surface area contributed by atoms with Crippen molar-refractivity contribution in [2.75, 3.05) is 13.1 Å². The summed E-state index contributed by atoms with van der Waals surface area (Å²) in [7, 11) is 0. The van der Waals surface area contributed by atoms with E-state index < -0.39 is 0 Å². The van der Waals surface area contributed by atoms with Crippen LogP contribution in [-0.4, -0.2) is 33.8 Å². The molecule has 2 aromatic rings. The van der Waals surface area contributed by atoms with E-state index in [1.165, 1.54) is 12.1 Å². The highest BCUT2D eigenvalue weighted by Crippen LogP contribution is 2.18. The van der Waals surface area contributed by atoms with Crippen molar-refractivity contribution in [2.45, 2.75) is 33.4 Å². The molecule has 0 amide bonds. The first-order valence-electron chi connectivity index (χ1n) is 7.96. The SMILES string of the molecule is CCNC(=NCc1cc(F)ccc1Br)NCCn1cnnc1CC.I. The summed E-state index contributed by atoms with van der Waals surface area (Å²) in [5.74, 6) is 1.39. The highest BCUT2D eigenvalue weighted by molar-refractivity contribution is 14.0. The summed E-state index contributed by atoms with van der Waals surface area (Å²) in [5.41, 5.74) is 0.805. The van der Waals surface area contributed by atoms with Gasteiger partial charge in [-0.05, 0) is 30.7 Å². The van der Waals surface area contributed by atoms with E-state index in [-0.39, 0.29) is 29.8 Å². The van der Waals surface area contributed by atoms with E-state index in [1.54, 1.807) is 12.4 Å². The van der Waals surface area contributed by atoms with Crippen LogP contribution in [0.25, 0.3) is 0 Å². The van der Waals surface area contributed by atoms with Gasteiger partial charge >= 0.3 is 0 Å². The number of aryl methyl sites for hydroxylation is 1. The minimum absolute atomic E-state index is 0. The molecule has 2 rings (SSSR count). The van der Waals surface area contributed by atoms with Gasteiger partial charge in [0.05, 0.1) is 6.54 Å². The van der Waals surface area contributed by atoms with E-state index in [4.69, 9.17) is 0 Å². The minimum Gasteiger partial charge on any atom is -0.357 e. The van der Waals surface area contributed by atoms with Gasteiger partial charge < -0.3 is 15.2 Å². The molecule has 0 radical (unpaired) electrons. The molecule has 0 fully saturated rings. The third-order valence-electron chi connectivity index (χ3n) is 3.42. The van der Waals surface area contributed by atoms with Crippen LogP contribution in [0.2, 0.25) is 0 Å². The van der Waals surface area contributed by atoms with E-state index in [2.05, 4.69) is 48.7 Å². The van der Waals surface area contributed by atoms with Crippen LogP contribution in [0, 0.1) is 5.82 Å². The van der Waals surface area contributed by atoms with E-state index >= 15 is 0 Å². The number of halogens is 3. The number of hydrogen-bond acceptors (Lipinski definition) is 3. The van der Waals surface area contributed by atoms with Crippen LogP contribution in [0.4, 0.5) is 4.39 Å². The smallest absolute Gasteiger partial charge is 0.191 e. The van der Waals surface area contributed by atoms with Crippen LogP contribution in [0.3, 0.4) is 0 Å². The molecular formula is C16H23BrFIN6. The van der Waals surface area contributed by atoms with Gasteiger partial charge in [0, 0.05) is 30.5 Å². The van der Waals surface area contributed by atoms with Gasteiger partial charge in [-0.3, -0.25) is 0 Å². The van der Waals surface area contributed by atoms with Crippen LogP contribution in [0.5, 0.6) is 0 Å². The molecular weight excluding hydrogens is 502 g/mol. The monoisotopic (exact) mass is 524 g/mol. The van der Waals surface area contributed by atoms with Gasteiger partial charge in [-0.2, -0.15) is 0 Å². The quantitative estimate of drug-likeness (QED) is 0.332. The van der Waals surface area contributed by atoms with Gasteiger partial charge in [-0.1, -0.05) is 22.9 Å². The molecule has 25 heavy (non-hydrogen) atoms. The predicted molar refractivity (Wildman–Crippen MR) is 112 cm³/mol. The Morgan fingerprint density at radius 2 is 2.12 bits per heavy atom. The Hall–Kier alpha value is -1.23. The number of hydrogen-bond donors (Lipinski definition) is 2. The van der Waals surface area contributed by atoms with Crippen molar-refractivity contribution in [1.82, 2.24) is 25.4 Å². The topological polar surface area (TPSA) is 67.1 Å². The summed E-state index contributed by atoms with van der Waals surface area (Å²) in [6, 6.07) is 4.60. The Morgan fingerprint density at radius 1 is 1.32 bits per heavy atom. The van der Waals surface area contributed by atoms with Crippen molar-refractivity contribution in [3.05, 3.63) is 46.2 Å². The Balaban J connectivity index is 0.00000312. The first-order valence-corrected chi connectivity index (χ1v) is 8.76. The molecule has 9 heteroatoms. The van der Waals surface area contributed by atoms with Crippen molar-refractivity contribution in [3.8, 4) is 0 Å². The highest BCUT2D eigenvalue weighted by Gasteiger charge is 2.04. The second kappa shape index (κ2) is 11.4. The number of aromatic nitrogens is 3. The summed E-state index contributed by atoms with van der Waals surface area (Å²) in [6.07, 6.45) is 2.58. The molecule has 0 saturated carbocycles. The molecule has 0 atom stereocenters. The number of nitrogens with one attached hydrogen (secondary N) is 2. The van der Waals surface area contributed by atoms with Crippen molar-refractivity contribution < 1.29 is 4.39 Å². The summed E-state index contributed by atoms with van der Waals surface area (Å²) in [4.78, 5) is 4.50. The van der Waals surface area contributed by atoms with Crippen molar-refractivity contribution >= 4 is 45.9 Å². The zero-order valence-electron chi connectivity index (χ0n) is 14.3. The van der Waals surface area contributed by atoms with Crippen LogP contribution in [-0.2, 0) is 19.5 Å². The van der Waals surface area contributed by atoms with Crippen molar-refractivity contribution in [1.29, 1.82) is 0 Å². The number of benzene rings is 1. The molecule has 0 unspecified atom stereocenters. The van der Waals surface area contributed by atoms with Gasteiger partial charge in [0.1, 0.15) is 18.0 Å². The van der Waals surface area contributed by atoms with E-state index in [9.17, 15) is 4.39 Å². The average molecular weight is 525 g/mol. The second-order valence-corrected chi connectivity index (χ2v) is 6.01. The fourth-order valence-electron chi connectivity index (χ4n) is 2.20. The number of guanidine groups is 1. The van der Waals surface area contributed by atoms with Gasteiger partial charge in [0.25, 0.3) is 0 Å². The molecule has 0 aliphatic heterocycles. The number of aliphatic imine (C=N–C) groups is 1. The molecule has 0 bridgehead atoms. The summed E-state index contributed by atoms with van der Waals surface area (Å²) in [5, 5.41) is 14.4. The Kier molecular flexibility index (Phi) is 9.94. The van der Waals surface area contributed by atoms with Gasteiger partial charge in [-0.15, -0.1) is 34.2 Å². The average Bonchev–Trinajstić information content (AvgIpc) is 3.03. The normalized spacial score (nSPS) is 11.1. The lowest BCUT2D eigenvalue weighted by molar-refractivity contribution is 0.624. The predicted octanol–water partition coefficient (Wildman–Crippen LogP) is 3.12. The first kappa shape index (κ1) is 21.8. The molecule has 138 valence electrons. The first-order chi connectivity index (χ1) is 11.6. The third-order valence-corrected chi connectivity index (χ3v) is 4.19. The molecule has 6 nitrogen and oxygen atoms in total. The Labute approximate surface area is 172 Å². The molecule has 0 aliphatic carbocycles. The largest absolute Gasteiger partial charge is 0.357 e. The molecule has 1 aromatic carbocycles. The lowest BCUT2D eigenvalue weighted by Gasteiger charge is -2.12. The maximum atomic E-state index is 13.3. The number of rotatable bonds is 7. The zero-order valence-corrected chi connectivity index (χ0v) is 18.2. The molecule has 1 heterocycles. The third kappa shape index (κ3) is 6.89. The standard InChI is InChI=1S/C16H22BrFN6.HI/c1-3-15-23-22-11-24(15)8-7-20-16(19-4-2)21-10-12-9-13(18)5-6-14(12)17;/h5-6,9,11H,3-4,7-8,10H2,1-2H3,(H2,19,20,21);1H. The van der Waals surface area contributed by atoms with Crippen molar-refractivity contribution in [3.63, 3.8) is 0 Å². The summed E-state index contributed by atoms with van der Waals surface area (Å²) in [6.45, 7) is 6.65. The minimum atomic E-state index is -0.263. The van der Waals surface area contributed by atoms with Crippen LogP contribution in [0.15, 0.2) is 34.0 Å². The molecule has 2 N–H and O–H groups in total.